The van der Waals surface area contributed by atoms with E-state index in [1.165, 1.54) is 0 Å². The second-order valence-corrected chi connectivity index (χ2v) is 6.29. The molecule has 0 saturated carbocycles. The average molecular weight is 250 g/mol. The molecule has 0 aliphatic carbocycles. The second-order valence-electron chi connectivity index (χ2n) is 6.29. The van der Waals surface area contributed by atoms with Gasteiger partial charge in [-0.15, -0.1) is 0 Å². The van der Waals surface area contributed by atoms with Crippen molar-refractivity contribution in [1.29, 1.82) is 0 Å². The van der Waals surface area contributed by atoms with Gasteiger partial charge in [0.1, 0.15) is 5.82 Å². The standard InChI is InChI=1S/C16H23FO/c1-16(2,3)14-6-4-5-13(15(14)17)11-12-7-9-18-10-8-12/h4-6,12H,7-11H2,1-3H3. The van der Waals surface area contributed by atoms with Gasteiger partial charge in [-0.25, -0.2) is 4.39 Å². The van der Waals surface area contributed by atoms with Crippen LogP contribution in [0, 0.1) is 11.7 Å². The Morgan fingerprint density at radius 2 is 1.89 bits per heavy atom. The summed E-state index contributed by atoms with van der Waals surface area (Å²) in [5.74, 6) is 0.569. The van der Waals surface area contributed by atoms with E-state index in [-0.39, 0.29) is 11.2 Å². The third kappa shape index (κ3) is 3.11. The van der Waals surface area contributed by atoms with Gasteiger partial charge in [0.05, 0.1) is 0 Å². The highest BCUT2D eigenvalue weighted by atomic mass is 19.1. The Labute approximate surface area is 109 Å². The molecule has 0 unspecified atom stereocenters. The number of rotatable bonds is 2. The molecule has 1 aliphatic rings. The van der Waals surface area contributed by atoms with Crippen molar-refractivity contribution < 1.29 is 9.13 Å². The molecular formula is C16H23FO. The predicted octanol–water partition coefficient (Wildman–Crippen LogP) is 4.09. The quantitative estimate of drug-likeness (QED) is 0.768. The Balaban J connectivity index is 2.18. The fraction of sp³-hybridized carbons (Fsp3) is 0.625. The van der Waals surface area contributed by atoms with E-state index in [0.717, 1.165) is 43.6 Å². The summed E-state index contributed by atoms with van der Waals surface area (Å²) in [7, 11) is 0. The normalized spacial score (nSPS) is 18.0. The van der Waals surface area contributed by atoms with Gasteiger partial charge in [0.15, 0.2) is 0 Å². The molecule has 0 atom stereocenters. The highest BCUT2D eigenvalue weighted by molar-refractivity contribution is 5.31. The zero-order chi connectivity index (χ0) is 13.2. The molecule has 0 bridgehead atoms. The summed E-state index contributed by atoms with van der Waals surface area (Å²) in [6.07, 6.45) is 2.96. The Kier molecular flexibility index (Phi) is 4.06. The average Bonchev–Trinajstić information content (AvgIpc) is 2.32. The minimum atomic E-state index is -0.129. The Bertz CT molecular complexity index is 400. The molecule has 1 aromatic rings. The highest BCUT2D eigenvalue weighted by Gasteiger charge is 2.22. The number of hydrogen-bond acceptors (Lipinski definition) is 1. The van der Waals surface area contributed by atoms with Crippen molar-refractivity contribution in [3.8, 4) is 0 Å². The van der Waals surface area contributed by atoms with Gasteiger partial charge in [0.2, 0.25) is 0 Å². The van der Waals surface area contributed by atoms with Gasteiger partial charge < -0.3 is 4.74 Å². The molecule has 1 nitrogen and oxygen atoms in total. The molecule has 100 valence electrons. The van der Waals surface area contributed by atoms with E-state index < -0.39 is 0 Å². The van der Waals surface area contributed by atoms with Gasteiger partial charge in [-0.1, -0.05) is 39.0 Å². The summed E-state index contributed by atoms with van der Waals surface area (Å²) in [4.78, 5) is 0. The van der Waals surface area contributed by atoms with Crippen LogP contribution in [0.4, 0.5) is 4.39 Å². The van der Waals surface area contributed by atoms with E-state index in [9.17, 15) is 4.39 Å². The smallest absolute Gasteiger partial charge is 0.130 e. The molecule has 2 heteroatoms. The lowest BCUT2D eigenvalue weighted by Gasteiger charge is -2.24. The van der Waals surface area contributed by atoms with Crippen LogP contribution in [-0.4, -0.2) is 13.2 Å². The summed E-state index contributed by atoms with van der Waals surface area (Å²) in [6, 6.07) is 5.82. The van der Waals surface area contributed by atoms with Crippen LogP contribution < -0.4 is 0 Å². The maximum atomic E-state index is 14.5. The first-order valence-electron chi connectivity index (χ1n) is 6.84. The summed E-state index contributed by atoms with van der Waals surface area (Å²) in [5.41, 5.74) is 1.57. The maximum Gasteiger partial charge on any atom is 0.130 e. The lowest BCUT2D eigenvalue weighted by molar-refractivity contribution is 0.0663. The van der Waals surface area contributed by atoms with E-state index in [1.807, 2.05) is 18.2 Å². The molecule has 0 spiro atoms. The van der Waals surface area contributed by atoms with Crippen LogP contribution in [0.1, 0.15) is 44.7 Å². The summed E-state index contributed by atoms with van der Waals surface area (Å²) in [6.45, 7) is 7.83. The van der Waals surface area contributed by atoms with Crippen LogP contribution in [0.5, 0.6) is 0 Å². The third-order valence-electron chi connectivity index (χ3n) is 3.74. The monoisotopic (exact) mass is 250 g/mol. The predicted molar refractivity (Wildman–Crippen MR) is 72.3 cm³/mol. The molecule has 0 N–H and O–H groups in total. The minimum Gasteiger partial charge on any atom is -0.381 e. The summed E-state index contributed by atoms with van der Waals surface area (Å²) in [5, 5.41) is 0. The van der Waals surface area contributed by atoms with Crippen molar-refractivity contribution in [3.05, 3.63) is 35.1 Å². The molecule has 1 aliphatic heterocycles. The number of benzene rings is 1. The Morgan fingerprint density at radius 1 is 1.22 bits per heavy atom. The Morgan fingerprint density at radius 3 is 2.50 bits per heavy atom. The lowest BCUT2D eigenvalue weighted by Crippen LogP contribution is -2.19. The molecule has 0 amide bonds. The van der Waals surface area contributed by atoms with Gasteiger partial charge in [-0.2, -0.15) is 0 Å². The molecule has 0 aromatic heterocycles. The molecule has 1 saturated heterocycles. The van der Waals surface area contributed by atoms with Crippen molar-refractivity contribution in [2.45, 2.75) is 45.4 Å². The van der Waals surface area contributed by atoms with E-state index in [4.69, 9.17) is 4.74 Å². The van der Waals surface area contributed by atoms with Crippen molar-refractivity contribution in [2.75, 3.05) is 13.2 Å². The van der Waals surface area contributed by atoms with Crippen LogP contribution in [0.15, 0.2) is 18.2 Å². The first-order valence-corrected chi connectivity index (χ1v) is 6.84. The van der Waals surface area contributed by atoms with Gasteiger partial charge >= 0.3 is 0 Å². The molecule has 0 radical (unpaired) electrons. The van der Waals surface area contributed by atoms with Crippen molar-refractivity contribution in [3.63, 3.8) is 0 Å². The molecule has 1 aromatic carbocycles. The maximum absolute atomic E-state index is 14.5. The third-order valence-corrected chi connectivity index (χ3v) is 3.74. The van der Waals surface area contributed by atoms with Gasteiger partial charge in [-0.3, -0.25) is 0 Å². The van der Waals surface area contributed by atoms with Gasteiger partial charge in [-0.05, 0) is 41.7 Å². The molecule has 2 rings (SSSR count). The zero-order valence-corrected chi connectivity index (χ0v) is 11.6. The fourth-order valence-corrected chi connectivity index (χ4v) is 2.58. The van der Waals surface area contributed by atoms with E-state index in [2.05, 4.69) is 20.8 Å². The fourth-order valence-electron chi connectivity index (χ4n) is 2.58. The molecular weight excluding hydrogens is 227 g/mol. The summed E-state index contributed by atoms with van der Waals surface area (Å²) < 4.78 is 19.8. The largest absolute Gasteiger partial charge is 0.381 e. The first kappa shape index (κ1) is 13.5. The van der Waals surface area contributed by atoms with E-state index >= 15 is 0 Å². The van der Waals surface area contributed by atoms with Crippen molar-refractivity contribution in [2.24, 2.45) is 5.92 Å². The molecule has 18 heavy (non-hydrogen) atoms. The zero-order valence-electron chi connectivity index (χ0n) is 11.6. The second kappa shape index (κ2) is 5.40. The lowest BCUT2D eigenvalue weighted by atomic mass is 9.83. The molecule has 1 fully saturated rings. The number of halogens is 1. The van der Waals surface area contributed by atoms with E-state index in [0.29, 0.717) is 5.92 Å². The van der Waals surface area contributed by atoms with Crippen LogP contribution in [0.3, 0.4) is 0 Å². The highest BCUT2D eigenvalue weighted by Crippen LogP contribution is 2.29. The molecule has 1 heterocycles. The topological polar surface area (TPSA) is 9.23 Å². The van der Waals surface area contributed by atoms with Crippen LogP contribution in [-0.2, 0) is 16.6 Å². The minimum absolute atomic E-state index is 0.00325. The van der Waals surface area contributed by atoms with Crippen molar-refractivity contribution >= 4 is 0 Å². The first-order chi connectivity index (χ1) is 8.48. The van der Waals surface area contributed by atoms with Crippen molar-refractivity contribution in [1.82, 2.24) is 0 Å². The van der Waals surface area contributed by atoms with Gasteiger partial charge in [0.25, 0.3) is 0 Å². The van der Waals surface area contributed by atoms with Crippen LogP contribution in [0.2, 0.25) is 0 Å². The number of hydrogen-bond donors (Lipinski definition) is 0. The number of ether oxygens (including phenoxy) is 1. The Hall–Kier alpha value is -0.890. The van der Waals surface area contributed by atoms with Crippen LogP contribution in [0.25, 0.3) is 0 Å². The SMILES string of the molecule is CC(C)(C)c1cccc(CC2CCOCC2)c1F. The summed E-state index contributed by atoms with van der Waals surface area (Å²) >= 11 is 0. The van der Waals surface area contributed by atoms with E-state index in [1.54, 1.807) is 0 Å². The van der Waals surface area contributed by atoms with Crippen LogP contribution >= 0.6 is 0 Å². The van der Waals surface area contributed by atoms with Gasteiger partial charge in [0, 0.05) is 13.2 Å².